The van der Waals surface area contributed by atoms with E-state index in [0.29, 0.717) is 12.1 Å². The molecular weight excluding hydrogens is 470 g/mol. The highest BCUT2D eigenvalue weighted by molar-refractivity contribution is 7.98. The molecule has 180 valence electrons. The maximum absolute atomic E-state index is 12.8. The van der Waals surface area contributed by atoms with Crippen molar-refractivity contribution in [3.63, 3.8) is 0 Å². The number of benzene rings is 2. The predicted molar refractivity (Wildman–Crippen MR) is 135 cm³/mol. The minimum Gasteiger partial charge on any atom is -0.415 e. The van der Waals surface area contributed by atoms with Crippen molar-refractivity contribution < 1.29 is 17.9 Å². The van der Waals surface area contributed by atoms with Gasteiger partial charge in [0.25, 0.3) is 10.0 Å². The van der Waals surface area contributed by atoms with Crippen LogP contribution in [0.3, 0.4) is 0 Å². The van der Waals surface area contributed by atoms with Crippen LogP contribution in [0.4, 0.5) is 4.79 Å². The average molecular weight is 500 g/mol. The van der Waals surface area contributed by atoms with Crippen LogP contribution in [0.15, 0.2) is 77.0 Å². The second-order valence-electron chi connectivity index (χ2n) is 7.82. The molecule has 0 atom stereocenters. The number of carbonyl (C=O) groups excluding carboxylic acids is 1. The molecule has 0 saturated heterocycles. The zero-order valence-electron chi connectivity index (χ0n) is 19.6. The molecule has 34 heavy (non-hydrogen) atoms. The first-order chi connectivity index (χ1) is 16.2. The van der Waals surface area contributed by atoms with Crippen LogP contribution >= 0.6 is 11.8 Å². The van der Waals surface area contributed by atoms with Gasteiger partial charge in [-0.15, -0.1) is 11.8 Å². The first-order valence-corrected chi connectivity index (χ1v) is 13.6. The van der Waals surface area contributed by atoms with E-state index in [1.165, 1.54) is 13.0 Å². The van der Waals surface area contributed by atoms with E-state index < -0.39 is 16.1 Å². The van der Waals surface area contributed by atoms with Gasteiger partial charge in [0.2, 0.25) is 0 Å². The normalized spacial score (nSPS) is 11.3. The summed E-state index contributed by atoms with van der Waals surface area (Å²) in [6, 6.07) is 14.2. The van der Waals surface area contributed by atoms with Crippen molar-refractivity contribution in [3.05, 3.63) is 78.5 Å². The maximum Gasteiger partial charge on any atom is 0.426 e. The molecule has 3 aromatic rings. The lowest BCUT2D eigenvalue weighted by Gasteiger charge is -2.13. The monoisotopic (exact) mass is 499 g/mol. The summed E-state index contributed by atoms with van der Waals surface area (Å²) in [5.74, 6) is 1.16. The highest BCUT2D eigenvalue weighted by Crippen LogP contribution is 2.28. The van der Waals surface area contributed by atoms with Crippen LogP contribution in [0.25, 0.3) is 11.1 Å². The molecule has 9 heteroatoms. The molecule has 2 aromatic carbocycles. The van der Waals surface area contributed by atoms with E-state index in [2.05, 4.69) is 24.3 Å². The van der Waals surface area contributed by atoms with Crippen LogP contribution in [0, 0.1) is 0 Å². The smallest absolute Gasteiger partial charge is 0.415 e. The van der Waals surface area contributed by atoms with Crippen LogP contribution in [0.1, 0.15) is 38.1 Å². The molecule has 0 radical (unpaired) electrons. The van der Waals surface area contributed by atoms with E-state index >= 15 is 0 Å². The number of hydrogen-bond acceptors (Lipinski definition) is 6. The predicted octanol–water partition coefficient (Wildman–Crippen LogP) is 5.61. The van der Waals surface area contributed by atoms with Crippen LogP contribution in [0.2, 0.25) is 0 Å². The summed E-state index contributed by atoms with van der Waals surface area (Å²) in [4.78, 5) is 16.5. The molecule has 1 aromatic heterocycles. The minimum absolute atomic E-state index is 0.0116. The second kappa shape index (κ2) is 11.4. The summed E-state index contributed by atoms with van der Waals surface area (Å²) >= 11 is 1.63. The van der Waals surface area contributed by atoms with Crippen LogP contribution in [0.5, 0.6) is 0 Å². The highest BCUT2D eigenvalue weighted by Gasteiger charge is 2.22. The Morgan fingerprint density at radius 3 is 2.53 bits per heavy atom. The van der Waals surface area contributed by atoms with E-state index in [0.717, 1.165) is 41.2 Å². The zero-order chi connectivity index (χ0) is 24.7. The Morgan fingerprint density at radius 2 is 1.88 bits per heavy atom. The van der Waals surface area contributed by atoms with Gasteiger partial charge >= 0.3 is 6.09 Å². The van der Waals surface area contributed by atoms with Gasteiger partial charge in [0.15, 0.2) is 0 Å². The van der Waals surface area contributed by atoms with E-state index in [1.54, 1.807) is 30.0 Å². The van der Waals surface area contributed by atoms with Crippen molar-refractivity contribution in [2.75, 3.05) is 6.26 Å². The van der Waals surface area contributed by atoms with Gasteiger partial charge < -0.3 is 9.30 Å². The number of sulfonamides is 1. The maximum atomic E-state index is 12.8. The van der Waals surface area contributed by atoms with E-state index in [1.807, 2.05) is 35.2 Å². The summed E-state index contributed by atoms with van der Waals surface area (Å²) in [6.07, 6.45) is 6.12. The molecular formula is C25H29N3O4S2. The quantitative estimate of drug-likeness (QED) is 0.288. The van der Waals surface area contributed by atoms with Gasteiger partial charge in [-0.2, -0.15) is 0 Å². The third kappa shape index (κ3) is 6.51. The largest absolute Gasteiger partial charge is 0.426 e. The Labute approximate surface area is 205 Å². The molecule has 1 heterocycles. The van der Waals surface area contributed by atoms with Gasteiger partial charge in [-0.1, -0.05) is 62.4 Å². The lowest BCUT2D eigenvalue weighted by Crippen LogP contribution is -2.31. The van der Waals surface area contributed by atoms with Crippen LogP contribution in [-0.4, -0.2) is 30.3 Å². The van der Waals surface area contributed by atoms with Crippen molar-refractivity contribution in [2.45, 2.75) is 49.6 Å². The number of aromatic nitrogens is 2. The summed E-state index contributed by atoms with van der Waals surface area (Å²) < 4.78 is 34.5. The molecule has 1 N–H and O–H groups in total. The summed E-state index contributed by atoms with van der Waals surface area (Å²) in [7, 11) is -4.14. The van der Waals surface area contributed by atoms with Gasteiger partial charge in [0, 0.05) is 24.7 Å². The van der Waals surface area contributed by atoms with Gasteiger partial charge in [-0.05, 0) is 36.8 Å². The number of allylic oxidation sites excluding steroid dienone is 1. The number of unbranched alkanes of at least 4 members (excludes halogenated alkanes) is 1. The molecule has 0 fully saturated rings. The molecule has 0 aliphatic rings. The second-order valence-corrected chi connectivity index (χ2v) is 10.3. The average Bonchev–Trinajstić information content (AvgIpc) is 3.19. The number of nitrogens with zero attached hydrogens (tertiary/aromatic N) is 2. The zero-order valence-corrected chi connectivity index (χ0v) is 21.2. The summed E-state index contributed by atoms with van der Waals surface area (Å²) in [6.45, 7) is 7.75. The fraction of sp³-hybridized carbons (Fsp3) is 0.280. The molecule has 0 aliphatic carbocycles. The fourth-order valence-corrected chi connectivity index (χ4v) is 5.00. The molecule has 7 nitrogen and oxygen atoms in total. The lowest BCUT2D eigenvalue weighted by atomic mass is 10.0. The molecule has 0 saturated carbocycles. The highest BCUT2D eigenvalue weighted by atomic mass is 32.2. The molecule has 0 spiro atoms. The number of amides is 1. The van der Waals surface area contributed by atoms with Crippen molar-refractivity contribution in [1.82, 2.24) is 14.3 Å². The first-order valence-electron chi connectivity index (χ1n) is 10.9. The Morgan fingerprint density at radius 1 is 1.18 bits per heavy atom. The number of ether oxygens (including phenoxy) is 1. The number of hydrogen-bond donors (Lipinski definition) is 1. The number of imidazole rings is 1. The van der Waals surface area contributed by atoms with Gasteiger partial charge in [0.1, 0.15) is 10.9 Å². The summed E-state index contributed by atoms with van der Waals surface area (Å²) in [5, 5.41) is 1.000. The van der Waals surface area contributed by atoms with Gasteiger partial charge in [0.05, 0.1) is 10.7 Å². The van der Waals surface area contributed by atoms with Crippen molar-refractivity contribution in [3.8, 4) is 11.1 Å². The number of carbonyl (C=O) groups is 1. The number of aryl methyl sites for hydroxylation is 1. The Hall–Kier alpha value is -3.04. The molecule has 0 bridgehead atoms. The van der Waals surface area contributed by atoms with Crippen molar-refractivity contribution in [1.29, 1.82) is 0 Å². The molecule has 3 rings (SSSR count). The number of rotatable bonds is 10. The Kier molecular flexibility index (Phi) is 8.57. The van der Waals surface area contributed by atoms with E-state index in [-0.39, 0.29) is 10.7 Å². The molecule has 0 unspecified atom stereocenters. The van der Waals surface area contributed by atoms with Gasteiger partial charge in [-0.25, -0.2) is 22.9 Å². The summed E-state index contributed by atoms with van der Waals surface area (Å²) in [5.41, 5.74) is 2.29. The Balaban J connectivity index is 1.84. The lowest BCUT2D eigenvalue weighted by molar-refractivity contribution is 0.183. The fourth-order valence-electron chi connectivity index (χ4n) is 3.47. The van der Waals surface area contributed by atoms with Crippen LogP contribution < -0.4 is 4.72 Å². The third-order valence-corrected chi connectivity index (χ3v) is 7.06. The number of nitrogens with one attached hydrogen (secondary N) is 1. The molecule has 0 aliphatic heterocycles. The van der Waals surface area contributed by atoms with Gasteiger partial charge in [-0.3, -0.25) is 0 Å². The van der Waals surface area contributed by atoms with E-state index in [9.17, 15) is 13.2 Å². The minimum atomic E-state index is -4.14. The Bertz CT molecular complexity index is 1270. The van der Waals surface area contributed by atoms with Crippen LogP contribution in [-0.2, 0) is 27.7 Å². The third-order valence-electron chi connectivity index (χ3n) is 5.08. The molecule has 1 amide bonds. The van der Waals surface area contributed by atoms with Crippen molar-refractivity contribution >= 4 is 27.9 Å². The first kappa shape index (κ1) is 25.6. The SMILES string of the molecule is C=C(C)OC(=O)NS(=O)(=O)c1ccccc1-c1ccc(Cn2cc(SC)nc2CCCC)cc1. The number of thioether (sulfide) groups is 1. The van der Waals surface area contributed by atoms with E-state index in [4.69, 9.17) is 9.72 Å². The standard InChI is InChI=1S/C25H29N3O4S2/c1-5-6-11-23-26-24(33-4)17-28(23)16-19-12-14-20(15-13-19)21-9-7-8-10-22(21)34(30,31)27-25(29)32-18(2)3/h7-10,12-15,17H,2,5-6,11,16H2,1,3-4H3,(H,27,29). The topological polar surface area (TPSA) is 90.3 Å². The van der Waals surface area contributed by atoms with Crippen molar-refractivity contribution in [2.24, 2.45) is 0 Å².